The van der Waals surface area contributed by atoms with Crippen LogP contribution in [0.2, 0.25) is 0 Å². The molecule has 1 rings (SSSR count). The summed E-state index contributed by atoms with van der Waals surface area (Å²) in [5.41, 5.74) is 0.278. The summed E-state index contributed by atoms with van der Waals surface area (Å²) < 4.78 is 4.25. The van der Waals surface area contributed by atoms with Crippen LogP contribution in [0.4, 0.5) is 0 Å². The summed E-state index contributed by atoms with van der Waals surface area (Å²) in [4.78, 5) is 10.2. The zero-order chi connectivity index (χ0) is 6.85. The molecule has 1 aliphatic rings. The zero-order valence-corrected chi connectivity index (χ0v) is 5.60. The molecule has 2 N–H and O–H groups in total. The van der Waals surface area contributed by atoms with Gasteiger partial charge in [0.05, 0.1) is 12.1 Å². The molecule has 0 aliphatic carbocycles. The highest BCUT2D eigenvalue weighted by molar-refractivity contribution is 7.95. The van der Waals surface area contributed by atoms with Crippen molar-refractivity contribution in [1.29, 1.82) is 0 Å². The number of carbonyl (C=O) groups is 1. The maximum absolute atomic E-state index is 10.2. The average molecular weight is 146 g/mol. The van der Waals surface area contributed by atoms with Crippen molar-refractivity contribution >= 4 is 18.1 Å². The zero-order valence-electron chi connectivity index (χ0n) is 4.79. The lowest BCUT2D eigenvalue weighted by Gasteiger charge is -2.06. The number of hydrogen-bond acceptors (Lipinski definition) is 4. The number of aliphatic carboxylic acids is 1. The number of carboxylic acid groups (broad SMARTS) is 1. The molecule has 0 spiro atoms. The summed E-state index contributed by atoms with van der Waals surface area (Å²) in [7, 11) is 1.69. The highest BCUT2D eigenvalue weighted by atomic mass is 32.2. The van der Waals surface area contributed by atoms with Crippen LogP contribution in [-0.4, -0.2) is 22.4 Å². The van der Waals surface area contributed by atoms with Crippen LogP contribution < -0.4 is 4.72 Å². The molecule has 1 aliphatic heterocycles. The van der Waals surface area contributed by atoms with Gasteiger partial charge in [0.15, 0.2) is 5.70 Å². The Morgan fingerprint density at radius 1 is 2.00 bits per heavy atom. The summed E-state index contributed by atoms with van der Waals surface area (Å²) in [6, 6.07) is 0. The number of nitrogens with zero attached hydrogens (tertiary/aromatic N) is 1. The quantitative estimate of drug-likeness (QED) is 0.510. The Bertz CT molecular complexity index is 168. The summed E-state index contributed by atoms with van der Waals surface area (Å²) in [6.07, 6.45) is 1.45. The molecule has 0 saturated heterocycles. The highest BCUT2D eigenvalue weighted by Crippen LogP contribution is 2.16. The summed E-state index contributed by atoms with van der Waals surface area (Å²) >= 11 is 1.24. The van der Waals surface area contributed by atoms with Crippen molar-refractivity contribution in [2.24, 2.45) is 0 Å². The van der Waals surface area contributed by atoms with Crippen molar-refractivity contribution < 1.29 is 9.90 Å². The van der Waals surface area contributed by atoms with Crippen molar-refractivity contribution in [3.8, 4) is 0 Å². The van der Waals surface area contributed by atoms with Crippen LogP contribution in [0.25, 0.3) is 0 Å². The average Bonchev–Trinajstić information content (AvgIpc) is 2.13. The van der Waals surface area contributed by atoms with Gasteiger partial charge in [-0.1, -0.05) is 0 Å². The first kappa shape index (κ1) is 6.28. The molecule has 0 aromatic heterocycles. The second-order valence-corrected chi connectivity index (χ2v) is 2.51. The molecule has 0 amide bonds. The van der Waals surface area contributed by atoms with E-state index in [2.05, 4.69) is 4.72 Å². The van der Waals surface area contributed by atoms with Gasteiger partial charge in [-0.05, 0) is 0 Å². The summed E-state index contributed by atoms with van der Waals surface area (Å²) in [6.45, 7) is 0. The lowest BCUT2D eigenvalue weighted by Crippen LogP contribution is -2.12. The van der Waals surface area contributed by atoms with Crippen LogP contribution in [-0.2, 0) is 4.79 Å². The predicted molar refractivity (Wildman–Crippen MR) is 34.2 cm³/mol. The van der Waals surface area contributed by atoms with E-state index >= 15 is 0 Å². The standard InChI is InChI=1S/C4H6N2O2S/c1-6-3(4(7)8)2-5-9-6/h2,5H,1H3,(H,7,8). The molecule has 0 bridgehead atoms. The number of carboxylic acids is 1. The summed E-state index contributed by atoms with van der Waals surface area (Å²) in [5, 5.41) is 8.42. The van der Waals surface area contributed by atoms with E-state index in [-0.39, 0.29) is 5.70 Å². The van der Waals surface area contributed by atoms with Gasteiger partial charge in [0.25, 0.3) is 0 Å². The molecule has 0 aromatic carbocycles. The first-order chi connectivity index (χ1) is 4.22. The third-order valence-corrected chi connectivity index (χ3v) is 1.64. The normalized spacial score (nSPS) is 17.0. The molecule has 4 nitrogen and oxygen atoms in total. The van der Waals surface area contributed by atoms with E-state index in [1.54, 1.807) is 11.4 Å². The number of likely N-dealkylation sites (N-methyl/N-ethyl adjacent to an activating group) is 1. The fraction of sp³-hybridized carbons (Fsp3) is 0.250. The minimum Gasteiger partial charge on any atom is -0.477 e. The Morgan fingerprint density at radius 3 is 2.89 bits per heavy atom. The molecule has 0 radical (unpaired) electrons. The van der Waals surface area contributed by atoms with Crippen LogP contribution in [0, 0.1) is 0 Å². The molecular formula is C4H6N2O2S. The van der Waals surface area contributed by atoms with E-state index in [4.69, 9.17) is 5.11 Å². The minimum atomic E-state index is -0.907. The topological polar surface area (TPSA) is 52.6 Å². The second-order valence-electron chi connectivity index (χ2n) is 1.54. The van der Waals surface area contributed by atoms with Gasteiger partial charge in [0, 0.05) is 13.2 Å². The molecule has 50 valence electrons. The molecule has 0 unspecified atom stereocenters. The van der Waals surface area contributed by atoms with E-state index in [1.165, 1.54) is 18.3 Å². The third-order valence-electron chi connectivity index (χ3n) is 0.944. The van der Waals surface area contributed by atoms with E-state index in [1.807, 2.05) is 0 Å². The molecule has 0 saturated carbocycles. The van der Waals surface area contributed by atoms with Crippen LogP contribution in [0.15, 0.2) is 11.9 Å². The number of rotatable bonds is 1. The monoisotopic (exact) mass is 146 g/mol. The Kier molecular flexibility index (Phi) is 1.52. The van der Waals surface area contributed by atoms with E-state index in [0.717, 1.165) is 0 Å². The molecule has 0 fully saturated rings. The van der Waals surface area contributed by atoms with Gasteiger partial charge in [-0.25, -0.2) is 4.79 Å². The molecule has 0 aromatic rings. The van der Waals surface area contributed by atoms with Gasteiger partial charge in [0.2, 0.25) is 0 Å². The summed E-state index contributed by atoms with van der Waals surface area (Å²) in [5.74, 6) is -0.907. The van der Waals surface area contributed by atoms with E-state index in [9.17, 15) is 4.79 Å². The van der Waals surface area contributed by atoms with Crippen LogP contribution in [0.1, 0.15) is 0 Å². The fourth-order valence-corrected chi connectivity index (χ4v) is 1.05. The number of nitrogens with one attached hydrogen (secondary N) is 1. The van der Waals surface area contributed by atoms with Crippen molar-refractivity contribution in [3.05, 3.63) is 11.9 Å². The van der Waals surface area contributed by atoms with Crippen molar-refractivity contribution in [2.45, 2.75) is 0 Å². The van der Waals surface area contributed by atoms with Gasteiger partial charge in [-0.2, -0.15) is 0 Å². The SMILES string of the molecule is CN1SNC=C1C(=O)O. The van der Waals surface area contributed by atoms with Crippen LogP contribution in [0.5, 0.6) is 0 Å². The highest BCUT2D eigenvalue weighted by Gasteiger charge is 2.17. The minimum absolute atomic E-state index is 0.278. The smallest absolute Gasteiger partial charge is 0.354 e. The predicted octanol–water partition coefficient (Wildman–Crippen LogP) is 0.0106. The molecule has 5 heteroatoms. The van der Waals surface area contributed by atoms with Gasteiger partial charge in [0.1, 0.15) is 0 Å². The van der Waals surface area contributed by atoms with Crippen molar-refractivity contribution in [3.63, 3.8) is 0 Å². The molecule has 0 atom stereocenters. The maximum atomic E-state index is 10.2. The van der Waals surface area contributed by atoms with Crippen LogP contribution in [0.3, 0.4) is 0 Å². The van der Waals surface area contributed by atoms with Gasteiger partial charge in [-0.15, -0.1) is 0 Å². The molecular weight excluding hydrogens is 140 g/mol. The largest absolute Gasteiger partial charge is 0.477 e. The van der Waals surface area contributed by atoms with E-state index < -0.39 is 5.97 Å². The molecule has 9 heavy (non-hydrogen) atoms. The second kappa shape index (κ2) is 2.18. The van der Waals surface area contributed by atoms with Crippen LogP contribution >= 0.6 is 12.1 Å². The van der Waals surface area contributed by atoms with Crippen molar-refractivity contribution in [1.82, 2.24) is 9.03 Å². The Balaban J connectivity index is 2.68. The van der Waals surface area contributed by atoms with Crippen molar-refractivity contribution in [2.75, 3.05) is 7.05 Å². The number of hydrogen-bond donors (Lipinski definition) is 2. The first-order valence-electron chi connectivity index (χ1n) is 2.31. The Hall–Kier alpha value is -0.840. The lowest BCUT2D eigenvalue weighted by atomic mass is 10.5. The molecule has 1 heterocycles. The Labute approximate surface area is 56.8 Å². The first-order valence-corrected chi connectivity index (χ1v) is 3.09. The third kappa shape index (κ3) is 1.10. The lowest BCUT2D eigenvalue weighted by molar-refractivity contribution is -0.133. The van der Waals surface area contributed by atoms with Gasteiger partial charge >= 0.3 is 5.97 Å². The van der Waals surface area contributed by atoms with Gasteiger partial charge < -0.3 is 9.83 Å². The van der Waals surface area contributed by atoms with Gasteiger partial charge in [-0.3, -0.25) is 4.31 Å². The van der Waals surface area contributed by atoms with E-state index in [0.29, 0.717) is 0 Å². The fourth-order valence-electron chi connectivity index (χ4n) is 0.498. The Morgan fingerprint density at radius 2 is 2.67 bits per heavy atom. The maximum Gasteiger partial charge on any atom is 0.354 e.